The van der Waals surface area contributed by atoms with Crippen molar-refractivity contribution in [3.63, 3.8) is 0 Å². The molecule has 0 aliphatic rings. The molecule has 1 rings (SSSR count). The molecule has 1 radical (unpaired) electrons. The van der Waals surface area contributed by atoms with Gasteiger partial charge in [-0.3, -0.25) is 5.11 Å². The lowest BCUT2D eigenvalue weighted by molar-refractivity contribution is 0.338. The van der Waals surface area contributed by atoms with Crippen LogP contribution in [0.4, 0.5) is 5.69 Å². The third kappa shape index (κ3) is 1.23. The van der Waals surface area contributed by atoms with Gasteiger partial charge in [-0.1, -0.05) is 11.6 Å². The van der Waals surface area contributed by atoms with Crippen LogP contribution in [0.25, 0.3) is 0 Å². The first kappa shape index (κ1) is 6.16. The normalized spacial score (nSPS) is 9.44. The number of nitrogens with zero attached hydrogens (tertiary/aromatic N) is 1. The fourth-order valence-corrected chi connectivity index (χ4v) is 0.615. The van der Waals surface area contributed by atoms with Gasteiger partial charge in [-0.15, -0.1) is 0 Å². The molecule has 0 aromatic carbocycles. The molecule has 0 spiro atoms. The molecule has 1 heterocycles. The summed E-state index contributed by atoms with van der Waals surface area (Å²) in [5.74, 6) is -0.439. The van der Waals surface area contributed by atoms with E-state index in [1.807, 2.05) is 0 Å². The van der Waals surface area contributed by atoms with Crippen LogP contribution >= 0.6 is 11.6 Å². The van der Waals surface area contributed by atoms with E-state index in [-0.39, 0.29) is 5.02 Å². The predicted molar refractivity (Wildman–Crippen MR) is 33.8 cm³/mol. The van der Waals surface area contributed by atoms with Gasteiger partial charge in [0.1, 0.15) is 5.02 Å². The molecule has 4 heteroatoms. The predicted octanol–water partition coefficient (Wildman–Crippen LogP) is 1.46. The van der Waals surface area contributed by atoms with Crippen LogP contribution in [0.1, 0.15) is 0 Å². The number of rotatable bonds is 0. The van der Waals surface area contributed by atoms with Gasteiger partial charge in [-0.2, -0.15) is 0 Å². The average Bonchev–Trinajstić information content (AvgIpc) is 1.80. The van der Waals surface area contributed by atoms with Gasteiger partial charge in [0.15, 0.2) is 0 Å². The first-order valence-electron chi connectivity index (χ1n) is 2.28. The maximum absolute atomic E-state index is 10.5. The van der Waals surface area contributed by atoms with E-state index in [0.717, 1.165) is 0 Å². The van der Waals surface area contributed by atoms with Gasteiger partial charge < -0.3 is 5.73 Å². The van der Waals surface area contributed by atoms with Crippen LogP contribution in [-0.4, -0.2) is 4.98 Å². The molecule has 9 heavy (non-hydrogen) atoms. The first-order valence-corrected chi connectivity index (χ1v) is 2.66. The van der Waals surface area contributed by atoms with Crippen molar-refractivity contribution in [2.75, 3.05) is 5.73 Å². The number of nitrogen functional groups attached to an aromatic ring is 1. The van der Waals surface area contributed by atoms with E-state index in [1.165, 1.54) is 12.3 Å². The largest absolute Gasteiger partial charge is 0.397 e. The highest BCUT2D eigenvalue weighted by molar-refractivity contribution is 6.31. The minimum absolute atomic E-state index is 0.0648. The van der Waals surface area contributed by atoms with Crippen molar-refractivity contribution >= 4 is 17.3 Å². The van der Waals surface area contributed by atoms with Crippen molar-refractivity contribution in [1.82, 2.24) is 4.98 Å². The van der Waals surface area contributed by atoms with E-state index in [1.54, 1.807) is 0 Å². The molecule has 3 nitrogen and oxygen atoms in total. The standard InChI is InChI=1S/C5H4ClN2O/c6-4-1-3(7)2-8-5(4)9/h1-2H,7H2. The Balaban J connectivity index is 3.17. The van der Waals surface area contributed by atoms with Crippen molar-refractivity contribution in [2.45, 2.75) is 0 Å². The highest BCUT2D eigenvalue weighted by Crippen LogP contribution is 2.21. The summed E-state index contributed by atoms with van der Waals surface area (Å²) in [4.78, 5) is 3.37. The fraction of sp³-hybridized carbons (Fsp3) is 0. The smallest absolute Gasteiger partial charge is 0.288 e. The zero-order valence-electron chi connectivity index (χ0n) is 4.47. The summed E-state index contributed by atoms with van der Waals surface area (Å²) in [5.41, 5.74) is 5.64. The summed E-state index contributed by atoms with van der Waals surface area (Å²) >= 11 is 5.36. The molecule has 0 bridgehead atoms. The summed E-state index contributed by atoms with van der Waals surface area (Å²) < 4.78 is 0. The van der Waals surface area contributed by atoms with Gasteiger partial charge in [-0.25, -0.2) is 4.98 Å². The van der Waals surface area contributed by atoms with Gasteiger partial charge >= 0.3 is 0 Å². The van der Waals surface area contributed by atoms with Crippen molar-refractivity contribution in [2.24, 2.45) is 0 Å². The first-order chi connectivity index (χ1) is 4.20. The van der Waals surface area contributed by atoms with Crippen molar-refractivity contribution < 1.29 is 5.11 Å². The van der Waals surface area contributed by atoms with Crippen LogP contribution in [-0.2, 0) is 5.11 Å². The number of hydrogen-bond donors (Lipinski definition) is 1. The molecule has 0 aliphatic carbocycles. The van der Waals surface area contributed by atoms with E-state index >= 15 is 0 Å². The number of anilines is 1. The molecule has 0 saturated carbocycles. The topological polar surface area (TPSA) is 58.8 Å². The van der Waals surface area contributed by atoms with Crippen molar-refractivity contribution in [3.8, 4) is 5.88 Å². The van der Waals surface area contributed by atoms with E-state index in [4.69, 9.17) is 17.3 Å². The van der Waals surface area contributed by atoms with Crippen LogP contribution in [0.5, 0.6) is 5.88 Å². The molecular weight excluding hydrogens is 140 g/mol. The second kappa shape index (κ2) is 2.11. The lowest BCUT2D eigenvalue weighted by atomic mass is 10.4. The summed E-state index contributed by atoms with van der Waals surface area (Å²) in [7, 11) is 0. The van der Waals surface area contributed by atoms with Crippen molar-refractivity contribution in [3.05, 3.63) is 17.3 Å². The van der Waals surface area contributed by atoms with Crippen LogP contribution in [0.2, 0.25) is 5.02 Å². The van der Waals surface area contributed by atoms with Crippen molar-refractivity contribution in [1.29, 1.82) is 0 Å². The third-order valence-corrected chi connectivity index (χ3v) is 1.10. The van der Waals surface area contributed by atoms with Gasteiger partial charge in [0.25, 0.3) is 5.88 Å². The molecule has 47 valence electrons. The Bertz CT molecular complexity index is 226. The molecule has 0 amide bonds. The highest BCUT2D eigenvalue weighted by atomic mass is 35.5. The van der Waals surface area contributed by atoms with E-state index < -0.39 is 5.88 Å². The SMILES string of the molecule is Nc1cnc([O])c(Cl)c1. The van der Waals surface area contributed by atoms with Gasteiger partial charge in [0.2, 0.25) is 0 Å². The second-order valence-electron chi connectivity index (χ2n) is 1.56. The Hall–Kier alpha value is -0.960. The Morgan fingerprint density at radius 1 is 1.67 bits per heavy atom. The number of nitrogens with two attached hydrogens (primary N) is 1. The van der Waals surface area contributed by atoms with E-state index in [2.05, 4.69) is 4.98 Å². The Morgan fingerprint density at radius 3 is 2.78 bits per heavy atom. The van der Waals surface area contributed by atoms with Gasteiger partial charge in [0.05, 0.1) is 11.9 Å². The third-order valence-electron chi connectivity index (χ3n) is 0.829. The summed E-state index contributed by atoms with van der Waals surface area (Å²) in [6.07, 6.45) is 1.27. The Labute approximate surface area is 57.1 Å². The summed E-state index contributed by atoms with van der Waals surface area (Å²) in [6, 6.07) is 1.37. The van der Waals surface area contributed by atoms with Crippen LogP contribution in [0.15, 0.2) is 12.3 Å². The molecule has 0 saturated heterocycles. The van der Waals surface area contributed by atoms with Crippen LogP contribution in [0.3, 0.4) is 0 Å². The van der Waals surface area contributed by atoms with E-state index in [9.17, 15) is 5.11 Å². The lowest BCUT2D eigenvalue weighted by Crippen LogP contribution is -1.84. The molecule has 0 unspecified atom stereocenters. The zero-order valence-corrected chi connectivity index (χ0v) is 5.22. The Morgan fingerprint density at radius 2 is 2.33 bits per heavy atom. The second-order valence-corrected chi connectivity index (χ2v) is 1.96. The average molecular weight is 144 g/mol. The molecular formula is C5H4ClN2O. The highest BCUT2D eigenvalue weighted by Gasteiger charge is 1.99. The lowest BCUT2D eigenvalue weighted by Gasteiger charge is -1.91. The number of pyridine rings is 1. The fourth-order valence-electron chi connectivity index (χ4n) is 0.440. The minimum Gasteiger partial charge on any atom is -0.397 e. The molecule has 1 aromatic rings. The number of hydrogen-bond acceptors (Lipinski definition) is 2. The van der Waals surface area contributed by atoms with Gasteiger partial charge in [0, 0.05) is 0 Å². The molecule has 1 aromatic heterocycles. The summed E-state index contributed by atoms with van der Waals surface area (Å²) in [6.45, 7) is 0. The van der Waals surface area contributed by atoms with Crippen LogP contribution in [0, 0.1) is 0 Å². The minimum atomic E-state index is -0.439. The maximum Gasteiger partial charge on any atom is 0.288 e. The summed E-state index contributed by atoms with van der Waals surface area (Å²) in [5, 5.41) is 10.5. The number of aromatic nitrogens is 1. The zero-order chi connectivity index (χ0) is 6.85. The van der Waals surface area contributed by atoms with Crippen LogP contribution < -0.4 is 5.73 Å². The maximum atomic E-state index is 10.5. The van der Waals surface area contributed by atoms with E-state index in [0.29, 0.717) is 5.69 Å². The quantitative estimate of drug-likeness (QED) is 0.598. The monoisotopic (exact) mass is 143 g/mol. The molecule has 2 N–H and O–H groups in total. The molecule has 0 atom stereocenters. The molecule has 0 fully saturated rings. The molecule has 0 aliphatic heterocycles. The number of halogens is 1. The Kier molecular flexibility index (Phi) is 1.44. The van der Waals surface area contributed by atoms with Gasteiger partial charge in [-0.05, 0) is 6.07 Å².